The van der Waals surface area contributed by atoms with Crippen molar-refractivity contribution in [2.24, 2.45) is 23.7 Å². The van der Waals surface area contributed by atoms with E-state index in [1.54, 1.807) is 66.7 Å². The van der Waals surface area contributed by atoms with Gasteiger partial charge in [0.15, 0.2) is 12.4 Å². The number of fused-ring (bicyclic) bond motifs is 6. The first-order valence-corrected chi connectivity index (χ1v) is 15.1. The lowest BCUT2D eigenvalue weighted by Gasteiger charge is -2.19. The van der Waals surface area contributed by atoms with Crippen LogP contribution in [0.25, 0.3) is 22.2 Å². The Hall–Kier alpha value is -4.82. The number of benzene rings is 3. The van der Waals surface area contributed by atoms with E-state index in [4.69, 9.17) is 26.1 Å². The number of rotatable bonds is 7. The van der Waals surface area contributed by atoms with Gasteiger partial charge in [-0.05, 0) is 86.2 Å². The van der Waals surface area contributed by atoms with Crippen molar-refractivity contribution in [3.8, 4) is 17.0 Å². The Bertz CT molecular complexity index is 1950. The second-order valence-electron chi connectivity index (χ2n) is 11.9. The maximum atomic E-state index is 13.4. The summed E-state index contributed by atoms with van der Waals surface area (Å²) >= 11 is 6.42. The highest BCUT2D eigenvalue weighted by atomic mass is 35.5. The average molecular weight is 621 g/mol. The summed E-state index contributed by atoms with van der Waals surface area (Å²) in [4.78, 5) is 59.1. The summed E-state index contributed by atoms with van der Waals surface area (Å²) in [5.74, 6) is -1.00. The molecule has 1 saturated carbocycles. The smallest absolute Gasteiger partial charge is 0.339 e. The normalized spacial score (nSPS) is 21.7. The summed E-state index contributed by atoms with van der Waals surface area (Å²) in [6.07, 6.45) is 3.03. The molecule has 2 bridgehead atoms. The van der Waals surface area contributed by atoms with Crippen LogP contribution >= 0.6 is 11.6 Å². The van der Waals surface area contributed by atoms with Crippen LogP contribution in [0, 0.1) is 30.6 Å². The fourth-order valence-corrected chi connectivity index (χ4v) is 7.25. The number of methoxy groups -OCH3 is 1. The number of hydrogen-bond acceptors (Lipinski definition) is 7. The van der Waals surface area contributed by atoms with E-state index >= 15 is 0 Å². The molecule has 0 radical (unpaired) electrons. The third kappa shape index (κ3) is 4.71. The van der Waals surface area contributed by atoms with Crippen molar-refractivity contribution in [1.29, 1.82) is 0 Å². The second kappa shape index (κ2) is 11.0. The lowest BCUT2D eigenvalue weighted by Crippen LogP contribution is -2.32. The monoisotopic (exact) mass is 620 g/mol. The van der Waals surface area contributed by atoms with E-state index < -0.39 is 12.6 Å². The maximum Gasteiger partial charge on any atom is 0.339 e. The van der Waals surface area contributed by atoms with Gasteiger partial charge in [-0.2, -0.15) is 0 Å². The first-order chi connectivity index (χ1) is 21.7. The number of halogens is 1. The van der Waals surface area contributed by atoms with Gasteiger partial charge >= 0.3 is 5.97 Å². The van der Waals surface area contributed by atoms with Gasteiger partial charge in [-0.25, -0.2) is 9.78 Å². The van der Waals surface area contributed by atoms with E-state index in [9.17, 15) is 19.2 Å². The number of nitrogens with zero attached hydrogens (tertiary/aromatic N) is 2. The molecular weight excluding hydrogens is 592 g/mol. The largest absolute Gasteiger partial charge is 0.497 e. The Morgan fingerprint density at radius 3 is 2.38 bits per heavy atom. The van der Waals surface area contributed by atoms with E-state index in [2.05, 4.69) is 6.08 Å². The van der Waals surface area contributed by atoms with Gasteiger partial charge in [0.25, 0.3) is 0 Å². The highest BCUT2D eigenvalue weighted by Crippen LogP contribution is 2.56. The molecule has 3 aromatic carbocycles. The van der Waals surface area contributed by atoms with Gasteiger partial charge in [-0.15, -0.1) is 0 Å². The standard InChI is InChI=1S/C36H29ClN2O6/c1-18-14-22-15-26(18)32-31(22)34(41)39(35(32)42)23-8-4-20(5-9-23)29-16-27(25-12-13-28(37)19(2)33(25)38-29)36(43)45-17-30(40)21-6-10-24(44-3)11-7-21/h4-14,16,22,26,31-32H,15,17H2,1-3H3. The molecule has 45 heavy (non-hydrogen) atoms. The number of esters is 1. The first-order valence-electron chi connectivity index (χ1n) is 14.8. The lowest BCUT2D eigenvalue weighted by molar-refractivity contribution is -0.123. The predicted molar refractivity (Wildman–Crippen MR) is 169 cm³/mol. The molecule has 2 amide bonds. The molecule has 9 heteroatoms. The minimum absolute atomic E-state index is 0.127. The van der Waals surface area contributed by atoms with Gasteiger partial charge in [-0.3, -0.25) is 19.3 Å². The van der Waals surface area contributed by atoms with Gasteiger partial charge in [0.1, 0.15) is 5.75 Å². The number of imide groups is 1. The molecule has 8 nitrogen and oxygen atoms in total. The zero-order chi connectivity index (χ0) is 31.6. The van der Waals surface area contributed by atoms with E-state index in [-0.39, 0.29) is 46.8 Å². The van der Waals surface area contributed by atoms with Crippen LogP contribution in [0.15, 0.2) is 78.4 Å². The van der Waals surface area contributed by atoms with Crippen LogP contribution in [-0.4, -0.2) is 42.3 Å². The molecule has 1 aliphatic heterocycles. The van der Waals surface area contributed by atoms with Crippen LogP contribution in [0.5, 0.6) is 5.75 Å². The van der Waals surface area contributed by atoms with Crippen LogP contribution in [-0.2, 0) is 14.3 Å². The third-order valence-electron chi connectivity index (χ3n) is 9.44. The zero-order valence-electron chi connectivity index (χ0n) is 24.9. The molecule has 2 heterocycles. The number of aryl methyl sites for hydroxylation is 1. The van der Waals surface area contributed by atoms with Crippen LogP contribution in [0.1, 0.15) is 39.6 Å². The number of carbonyl (C=O) groups excluding carboxylic acids is 4. The molecule has 226 valence electrons. The molecule has 7 rings (SSSR count). The average Bonchev–Trinajstić information content (AvgIpc) is 3.70. The third-order valence-corrected chi connectivity index (χ3v) is 9.85. The second-order valence-corrected chi connectivity index (χ2v) is 12.3. The van der Waals surface area contributed by atoms with E-state index in [1.165, 1.54) is 17.6 Å². The number of amides is 2. The van der Waals surface area contributed by atoms with Crippen molar-refractivity contribution in [2.45, 2.75) is 20.3 Å². The molecule has 1 aromatic heterocycles. The molecule has 2 fully saturated rings. The van der Waals surface area contributed by atoms with Crippen molar-refractivity contribution in [1.82, 2.24) is 4.98 Å². The Labute approximate surface area is 264 Å². The van der Waals surface area contributed by atoms with E-state index in [1.807, 2.05) is 13.8 Å². The van der Waals surface area contributed by atoms with E-state index in [0.29, 0.717) is 49.7 Å². The minimum atomic E-state index is -0.679. The van der Waals surface area contributed by atoms with Crippen LogP contribution in [0.4, 0.5) is 5.69 Å². The number of anilines is 1. The predicted octanol–water partition coefficient (Wildman–Crippen LogP) is 6.61. The van der Waals surface area contributed by atoms with Crippen LogP contribution in [0.3, 0.4) is 0 Å². The lowest BCUT2D eigenvalue weighted by atomic mass is 9.82. The molecule has 0 N–H and O–H groups in total. The van der Waals surface area contributed by atoms with Gasteiger partial charge < -0.3 is 9.47 Å². The van der Waals surface area contributed by atoms with Crippen molar-refractivity contribution in [3.05, 3.63) is 100 Å². The minimum Gasteiger partial charge on any atom is -0.497 e. The summed E-state index contributed by atoms with van der Waals surface area (Å²) in [6, 6.07) is 18.6. The molecule has 0 spiro atoms. The summed E-state index contributed by atoms with van der Waals surface area (Å²) in [5.41, 5.74) is 4.69. The topological polar surface area (TPSA) is 103 Å². The SMILES string of the molecule is COc1ccc(C(=O)COC(=O)c2cc(-c3ccc(N4C(=O)C5C6C=C(C)C(C6)C5C4=O)cc3)nc3c(C)c(Cl)ccc23)cc1. The summed E-state index contributed by atoms with van der Waals surface area (Å²) in [6.45, 7) is 3.42. The number of pyridine rings is 1. The highest BCUT2D eigenvalue weighted by Gasteiger charge is 2.60. The maximum absolute atomic E-state index is 13.4. The molecule has 1 saturated heterocycles. The molecular formula is C36H29ClN2O6. The molecule has 4 aromatic rings. The quantitative estimate of drug-likeness (QED) is 0.0991. The highest BCUT2D eigenvalue weighted by molar-refractivity contribution is 6.32. The number of allylic oxidation sites excluding steroid dienone is 2. The fourth-order valence-electron chi connectivity index (χ4n) is 7.10. The Morgan fingerprint density at radius 2 is 1.67 bits per heavy atom. The number of aromatic nitrogens is 1. The molecule has 3 aliphatic rings. The van der Waals surface area contributed by atoms with Crippen molar-refractivity contribution in [2.75, 3.05) is 18.6 Å². The Morgan fingerprint density at radius 1 is 0.956 bits per heavy atom. The summed E-state index contributed by atoms with van der Waals surface area (Å²) < 4.78 is 10.6. The Kier molecular flexibility index (Phi) is 7.05. The molecule has 4 atom stereocenters. The van der Waals surface area contributed by atoms with Gasteiger partial charge in [0, 0.05) is 21.5 Å². The van der Waals surface area contributed by atoms with Gasteiger partial charge in [0.05, 0.1) is 41.4 Å². The van der Waals surface area contributed by atoms with E-state index in [0.717, 1.165) is 6.42 Å². The number of ketones is 1. The fraction of sp³-hybridized carbons (Fsp3) is 0.250. The Balaban J connectivity index is 1.17. The molecule has 4 unspecified atom stereocenters. The van der Waals surface area contributed by atoms with Gasteiger partial charge in [-0.1, -0.05) is 41.4 Å². The zero-order valence-corrected chi connectivity index (χ0v) is 25.6. The van der Waals surface area contributed by atoms with Crippen molar-refractivity contribution >= 4 is 51.8 Å². The molecule has 2 aliphatic carbocycles. The number of hydrogen-bond donors (Lipinski definition) is 0. The van der Waals surface area contributed by atoms with Crippen molar-refractivity contribution < 1.29 is 28.7 Å². The van der Waals surface area contributed by atoms with Gasteiger partial charge in [0.2, 0.25) is 11.8 Å². The van der Waals surface area contributed by atoms with Crippen molar-refractivity contribution in [3.63, 3.8) is 0 Å². The number of ether oxygens (including phenoxy) is 2. The summed E-state index contributed by atoms with van der Waals surface area (Å²) in [5, 5.41) is 1.03. The van der Waals surface area contributed by atoms with Crippen LogP contribution in [0.2, 0.25) is 5.02 Å². The number of carbonyl (C=O) groups is 4. The van der Waals surface area contributed by atoms with Crippen LogP contribution < -0.4 is 9.64 Å². The number of Topliss-reactive ketones (excluding diaryl/α,β-unsaturated/α-hetero) is 1. The first kappa shape index (κ1) is 28.9. The summed E-state index contributed by atoms with van der Waals surface area (Å²) in [7, 11) is 1.54.